The first-order chi connectivity index (χ1) is 8.00. The molecule has 0 unspecified atom stereocenters. The van der Waals surface area contributed by atoms with Crippen molar-refractivity contribution in [3.63, 3.8) is 0 Å². The summed E-state index contributed by atoms with van der Waals surface area (Å²) in [6.45, 7) is 5.48. The summed E-state index contributed by atoms with van der Waals surface area (Å²) in [6.07, 6.45) is 5.44. The van der Waals surface area contributed by atoms with Gasteiger partial charge in [0, 0.05) is 31.1 Å². The molecule has 1 rings (SSSR count). The lowest BCUT2D eigenvalue weighted by Crippen LogP contribution is -2.51. The molecule has 0 atom stereocenters. The van der Waals surface area contributed by atoms with Crippen molar-refractivity contribution in [3.8, 4) is 0 Å². The monoisotopic (exact) mass is 241 g/mol. The number of rotatable bonds is 6. The molecule has 4 heteroatoms. The molecule has 0 bridgehead atoms. The fourth-order valence-corrected chi connectivity index (χ4v) is 2.68. The second kappa shape index (κ2) is 6.36. The van der Waals surface area contributed by atoms with Gasteiger partial charge in [-0.05, 0) is 33.7 Å². The van der Waals surface area contributed by atoms with Crippen molar-refractivity contribution in [1.29, 1.82) is 0 Å². The zero-order valence-corrected chi connectivity index (χ0v) is 11.5. The molecule has 1 amide bonds. The minimum Gasteiger partial charge on any atom is -0.354 e. The van der Waals surface area contributed by atoms with Crippen molar-refractivity contribution in [2.75, 3.05) is 20.1 Å². The Kier molecular flexibility index (Phi) is 5.40. The molecule has 3 N–H and O–H groups in total. The van der Waals surface area contributed by atoms with Crippen LogP contribution in [0.2, 0.25) is 0 Å². The molecule has 17 heavy (non-hydrogen) atoms. The summed E-state index contributed by atoms with van der Waals surface area (Å²) >= 11 is 0. The topological polar surface area (TPSA) is 58.4 Å². The van der Waals surface area contributed by atoms with Gasteiger partial charge in [-0.25, -0.2) is 0 Å². The number of nitrogens with one attached hydrogen (secondary N) is 1. The van der Waals surface area contributed by atoms with Gasteiger partial charge < -0.3 is 11.1 Å². The SMILES string of the molecule is CC(C)NC(=O)CCN(C)C1(CN)CCCC1. The maximum absolute atomic E-state index is 11.6. The maximum atomic E-state index is 11.6. The third-order valence-corrected chi connectivity index (χ3v) is 3.85. The van der Waals surface area contributed by atoms with Crippen LogP contribution in [0.15, 0.2) is 0 Å². The Balaban J connectivity index is 2.37. The van der Waals surface area contributed by atoms with Crippen molar-refractivity contribution < 1.29 is 4.79 Å². The minimum atomic E-state index is 0.136. The van der Waals surface area contributed by atoms with Crippen LogP contribution in [0.3, 0.4) is 0 Å². The predicted octanol–water partition coefficient (Wildman–Crippen LogP) is 1.10. The van der Waals surface area contributed by atoms with E-state index in [1.165, 1.54) is 25.7 Å². The fourth-order valence-electron chi connectivity index (χ4n) is 2.68. The Hall–Kier alpha value is -0.610. The van der Waals surface area contributed by atoms with E-state index in [2.05, 4.69) is 17.3 Å². The van der Waals surface area contributed by atoms with E-state index < -0.39 is 0 Å². The van der Waals surface area contributed by atoms with Crippen molar-refractivity contribution in [2.24, 2.45) is 5.73 Å². The van der Waals surface area contributed by atoms with E-state index in [0.29, 0.717) is 13.0 Å². The number of amides is 1. The van der Waals surface area contributed by atoms with Crippen molar-refractivity contribution >= 4 is 5.91 Å². The van der Waals surface area contributed by atoms with E-state index in [9.17, 15) is 4.79 Å². The van der Waals surface area contributed by atoms with Gasteiger partial charge in [0.25, 0.3) is 0 Å². The molecule has 0 aromatic heterocycles. The summed E-state index contributed by atoms with van der Waals surface area (Å²) in [7, 11) is 2.10. The van der Waals surface area contributed by atoms with Gasteiger partial charge in [-0.1, -0.05) is 12.8 Å². The number of nitrogens with zero attached hydrogens (tertiary/aromatic N) is 1. The van der Waals surface area contributed by atoms with E-state index in [4.69, 9.17) is 5.73 Å². The third-order valence-electron chi connectivity index (χ3n) is 3.85. The summed E-state index contributed by atoms with van der Waals surface area (Å²) in [4.78, 5) is 13.9. The number of carbonyl (C=O) groups excluding carboxylic acids is 1. The molecule has 1 aliphatic rings. The Morgan fingerprint density at radius 3 is 2.47 bits per heavy atom. The molecule has 0 aromatic carbocycles. The fraction of sp³-hybridized carbons (Fsp3) is 0.923. The minimum absolute atomic E-state index is 0.136. The highest BCUT2D eigenvalue weighted by molar-refractivity contribution is 5.76. The van der Waals surface area contributed by atoms with Gasteiger partial charge in [-0.15, -0.1) is 0 Å². The van der Waals surface area contributed by atoms with E-state index in [1.54, 1.807) is 0 Å². The van der Waals surface area contributed by atoms with Crippen molar-refractivity contribution in [3.05, 3.63) is 0 Å². The zero-order valence-electron chi connectivity index (χ0n) is 11.5. The highest BCUT2D eigenvalue weighted by Gasteiger charge is 2.36. The molecule has 1 saturated carbocycles. The summed E-state index contributed by atoms with van der Waals surface area (Å²) in [5, 5.41) is 2.92. The lowest BCUT2D eigenvalue weighted by Gasteiger charge is -2.37. The molecule has 0 aromatic rings. The third kappa shape index (κ3) is 3.96. The van der Waals surface area contributed by atoms with Gasteiger partial charge in [-0.3, -0.25) is 9.69 Å². The normalized spacial score (nSPS) is 18.9. The van der Waals surface area contributed by atoms with E-state index in [1.807, 2.05) is 13.8 Å². The molecule has 1 fully saturated rings. The van der Waals surface area contributed by atoms with Crippen LogP contribution in [-0.2, 0) is 4.79 Å². The number of carbonyl (C=O) groups is 1. The standard InChI is InChI=1S/C13H27N3O/c1-11(2)15-12(17)6-9-16(3)13(10-14)7-4-5-8-13/h11H,4-10,14H2,1-3H3,(H,15,17). The number of hydrogen-bond donors (Lipinski definition) is 2. The van der Waals surface area contributed by atoms with Gasteiger partial charge in [0.1, 0.15) is 0 Å². The quantitative estimate of drug-likeness (QED) is 0.732. The summed E-state index contributed by atoms with van der Waals surface area (Å²) in [5.74, 6) is 0.136. The number of hydrogen-bond acceptors (Lipinski definition) is 3. The first-order valence-corrected chi connectivity index (χ1v) is 6.71. The Labute approximate surface area is 105 Å². The second-order valence-corrected chi connectivity index (χ2v) is 5.53. The maximum Gasteiger partial charge on any atom is 0.221 e. The molecule has 100 valence electrons. The van der Waals surface area contributed by atoms with Gasteiger partial charge >= 0.3 is 0 Å². The van der Waals surface area contributed by atoms with Gasteiger partial charge in [0.2, 0.25) is 5.91 Å². The molecule has 0 saturated heterocycles. The van der Waals surface area contributed by atoms with E-state index in [-0.39, 0.29) is 17.5 Å². The smallest absolute Gasteiger partial charge is 0.221 e. The van der Waals surface area contributed by atoms with Crippen LogP contribution in [0, 0.1) is 0 Å². The molecule has 1 aliphatic carbocycles. The molecule has 4 nitrogen and oxygen atoms in total. The highest BCUT2D eigenvalue weighted by atomic mass is 16.1. The lowest BCUT2D eigenvalue weighted by molar-refractivity contribution is -0.122. The highest BCUT2D eigenvalue weighted by Crippen LogP contribution is 2.33. The number of nitrogens with two attached hydrogens (primary N) is 1. The molecular formula is C13H27N3O. The van der Waals surface area contributed by atoms with Crippen molar-refractivity contribution in [2.45, 2.75) is 57.5 Å². The van der Waals surface area contributed by atoms with Gasteiger partial charge in [-0.2, -0.15) is 0 Å². The predicted molar refractivity (Wildman–Crippen MR) is 70.8 cm³/mol. The van der Waals surface area contributed by atoms with Crippen LogP contribution in [0.5, 0.6) is 0 Å². The number of likely N-dealkylation sites (N-methyl/N-ethyl adjacent to an activating group) is 1. The van der Waals surface area contributed by atoms with Crippen LogP contribution < -0.4 is 11.1 Å². The van der Waals surface area contributed by atoms with Crippen LogP contribution >= 0.6 is 0 Å². The molecule has 0 aliphatic heterocycles. The molecular weight excluding hydrogens is 214 g/mol. The Bertz CT molecular complexity index is 247. The molecule has 0 heterocycles. The van der Waals surface area contributed by atoms with Crippen LogP contribution in [0.1, 0.15) is 46.0 Å². The Morgan fingerprint density at radius 1 is 1.41 bits per heavy atom. The van der Waals surface area contributed by atoms with Gasteiger partial charge in [0.15, 0.2) is 0 Å². The van der Waals surface area contributed by atoms with Crippen LogP contribution in [0.4, 0.5) is 0 Å². The summed E-state index contributed by atoms with van der Waals surface area (Å²) in [6, 6.07) is 0.225. The van der Waals surface area contributed by atoms with Gasteiger partial charge in [0.05, 0.1) is 0 Å². The molecule has 0 spiro atoms. The summed E-state index contributed by atoms with van der Waals surface area (Å²) < 4.78 is 0. The van der Waals surface area contributed by atoms with Crippen molar-refractivity contribution in [1.82, 2.24) is 10.2 Å². The largest absolute Gasteiger partial charge is 0.354 e. The van der Waals surface area contributed by atoms with E-state index >= 15 is 0 Å². The van der Waals surface area contributed by atoms with Crippen LogP contribution in [-0.4, -0.2) is 42.5 Å². The lowest BCUT2D eigenvalue weighted by atomic mass is 9.95. The second-order valence-electron chi connectivity index (χ2n) is 5.53. The average Bonchev–Trinajstić information content (AvgIpc) is 2.74. The Morgan fingerprint density at radius 2 is 2.00 bits per heavy atom. The molecule has 0 radical (unpaired) electrons. The first kappa shape index (κ1) is 14.5. The average molecular weight is 241 g/mol. The van der Waals surface area contributed by atoms with Crippen LogP contribution in [0.25, 0.3) is 0 Å². The zero-order chi connectivity index (χ0) is 12.9. The summed E-state index contributed by atoms with van der Waals surface area (Å²) in [5.41, 5.74) is 6.07. The first-order valence-electron chi connectivity index (χ1n) is 6.71. The van der Waals surface area contributed by atoms with E-state index in [0.717, 1.165) is 6.54 Å².